The lowest BCUT2D eigenvalue weighted by molar-refractivity contribution is -0.196. The number of benzene rings is 1. The van der Waals surface area contributed by atoms with Gasteiger partial charge in [-0.2, -0.15) is 0 Å². The molecule has 2 N–H and O–H groups in total. The van der Waals surface area contributed by atoms with E-state index in [1.54, 1.807) is 12.1 Å². The van der Waals surface area contributed by atoms with Crippen molar-refractivity contribution in [3.8, 4) is 0 Å². The van der Waals surface area contributed by atoms with E-state index in [0.717, 1.165) is 42.2 Å². The fourth-order valence-corrected chi connectivity index (χ4v) is 4.35. The van der Waals surface area contributed by atoms with Crippen LogP contribution in [0.5, 0.6) is 0 Å². The smallest absolute Gasteiger partial charge is 0.339 e. The molecule has 1 aromatic heterocycles. The van der Waals surface area contributed by atoms with Crippen molar-refractivity contribution < 1.29 is 19.1 Å². The number of rotatable bonds is 1. The Bertz CT molecular complexity index is 781. The van der Waals surface area contributed by atoms with Crippen LogP contribution in [0.15, 0.2) is 32.3 Å². The highest BCUT2D eigenvalue weighted by Gasteiger charge is 2.20. The zero-order chi connectivity index (χ0) is 14.3. The lowest BCUT2D eigenvalue weighted by atomic mass is 9.91. The van der Waals surface area contributed by atoms with E-state index >= 15 is 0 Å². The Labute approximate surface area is 118 Å². The summed E-state index contributed by atoms with van der Waals surface area (Å²) in [6.45, 7) is -4.20. The standard InChI is InChI=1S/C13H13O5PS/c14-13-11-4-2-1-3-9(11)10-6-5-8(7-12(10)18-13)20-19(15,16)17/h5-7H,1-4H2,(H2-,14,15,16,17). The van der Waals surface area contributed by atoms with Crippen LogP contribution in [0.25, 0.3) is 11.0 Å². The fourth-order valence-electron chi connectivity index (χ4n) is 2.62. The van der Waals surface area contributed by atoms with Crippen LogP contribution in [0.1, 0.15) is 24.0 Å². The van der Waals surface area contributed by atoms with Crippen molar-refractivity contribution in [3.05, 3.63) is 39.7 Å². The maximum Gasteiger partial charge on any atom is 0.339 e. The van der Waals surface area contributed by atoms with Gasteiger partial charge in [0.2, 0.25) is 15.8 Å². The highest BCUT2D eigenvalue weighted by Crippen LogP contribution is 2.31. The van der Waals surface area contributed by atoms with Gasteiger partial charge in [-0.15, -0.1) is 0 Å². The Morgan fingerprint density at radius 1 is 1.20 bits per heavy atom. The van der Waals surface area contributed by atoms with Gasteiger partial charge in [0, 0.05) is 23.1 Å². The molecule has 0 radical (unpaired) electrons. The first-order chi connectivity index (χ1) is 9.44. The minimum atomic E-state index is -4.20. The molecule has 0 aliphatic heterocycles. The minimum absolute atomic E-state index is 0.328. The van der Waals surface area contributed by atoms with Gasteiger partial charge in [-0.05, 0) is 37.3 Å². The van der Waals surface area contributed by atoms with E-state index in [9.17, 15) is 9.69 Å². The molecule has 5 nitrogen and oxygen atoms in total. The monoisotopic (exact) mass is 312 g/mol. The third-order valence-corrected chi connectivity index (χ3v) is 5.47. The van der Waals surface area contributed by atoms with Crippen molar-refractivity contribution in [2.45, 2.75) is 30.6 Å². The van der Waals surface area contributed by atoms with Crippen LogP contribution in [0.2, 0.25) is 0 Å². The summed E-state index contributed by atoms with van der Waals surface area (Å²) in [4.78, 5) is 41.3. The molecular weight excluding hydrogens is 299 g/mol. The first kappa shape index (κ1) is 13.9. The average Bonchev–Trinajstić information content (AvgIpc) is 2.37. The Kier molecular flexibility index (Phi) is 3.52. The normalized spacial score (nSPS) is 15.2. The van der Waals surface area contributed by atoms with Crippen LogP contribution in [-0.4, -0.2) is 9.79 Å². The van der Waals surface area contributed by atoms with E-state index in [2.05, 4.69) is 0 Å². The largest absolute Gasteiger partial charge is 0.742 e. The second-order valence-electron chi connectivity index (χ2n) is 4.79. The van der Waals surface area contributed by atoms with Crippen LogP contribution < -0.4 is 10.5 Å². The second kappa shape index (κ2) is 5.06. The molecular formula is C13H13O5PS. The van der Waals surface area contributed by atoms with Crippen molar-refractivity contribution in [2.24, 2.45) is 0 Å². The predicted molar refractivity (Wildman–Crippen MR) is 76.1 cm³/mol. The number of fused-ring (bicyclic) bond motifs is 3. The van der Waals surface area contributed by atoms with Gasteiger partial charge in [-0.25, -0.2) is 4.79 Å². The summed E-state index contributed by atoms with van der Waals surface area (Å²) in [5.74, 6) is 0. The Balaban J connectivity index is 2.25. The van der Waals surface area contributed by atoms with Crippen molar-refractivity contribution in [3.63, 3.8) is 0 Å². The van der Waals surface area contributed by atoms with E-state index in [4.69, 9.17) is 14.2 Å². The third-order valence-electron chi connectivity index (χ3n) is 3.42. The van der Waals surface area contributed by atoms with Crippen molar-refractivity contribution >= 4 is 28.6 Å². The van der Waals surface area contributed by atoms with E-state index in [1.807, 2.05) is 0 Å². The maximum atomic E-state index is 11.9. The van der Waals surface area contributed by atoms with Gasteiger partial charge in [-0.1, -0.05) is 0 Å². The molecule has 0 atom stereocenters. The summed E-state index contributed by atoms with van der Waals surface area (Å²) >= 11 is 0. The van der Waals surface area contributed by atoms with Gasteiger partial charge in [0.15, 0.2) is 0 Å². The molecule has 7 heteroatoms. The van der Waals surface area contributed by atoms with E-state index in [0.29, 0.717) is 21.4 Å². The zero-order valence-electron chi connectivity index (χ0n) is 10.5. The van der Waals surface area contributed by atoms with Gasteiger partial charge >= 0.3 is 12.3 Å². The first-order valence-electron chi connectivity index (χ1n) is 6.28. The highest BCUT2D eigenvalue weighted by atomic mass is 32.5. The van der Waals surface area contributed by atoms with E-state index in [-0.39, 0.29) is 5.63 Å². The molecule has 1 aromatic carbocycles. The topological polar surface area (TPSA) is 93.7 Å². The molecule has 0 fully saturated rings. The highest BCUT2D eigenvalue weighted by molar-refractivity contribution is 8.15. The molecule has 1 heterocycles. The number of aryl methyl sites for hydroxylation is 1. The van der Waals surface area contributed by atoms with Crippen molar-refractivity contribution in [1.29, 1.82) is 0 Å². The van der Waals surface area contributed by atoms with Crippen LogP contribution >= 0.6 is 6.72 Å². The summed E-state index contributed by atoms with van der Waals surface area (Å²) in [6.07, 6.45) is 3.63. The molecule has 2 aromatic rings. The Morgan fingerprint density at radius 3 is 2.60 bits per heavy atom. The molecule has 0 amide bonds. The Morgan fingerprint density at radius 2 is 1.90 bits per heavy atom. The lowest BCUT2D eigenvalue weighted by Crippen LogP contribution is -2.15. The lowest BCUT2D eigenvalue weighted by Gasteiger charge is -2.15. The molecule has 3 rings (SSSR count). The van der Waals surface area contributed by atoms with Gasteiger partial charge < -0.3 is 19.1 Å². The van der Waals surface area contributed by atoms with Crippen molar-refractivity contribution in [1.82, 2.24) is 0 Å². The average molecular weight is 312 g/mol. The van der Waals surface area contributed by atoms with Crippen LogP contribution in [-0.2, 0) is 23.8 Å². The minimum Gasteiger partial charge on any atom is -0.742 e. The molecule has 1 aliphatic rings. The van der Waals surface area contributed by atoms with Gasteiger partial charge in [-0.3, -0.25) is 0 Å². The Hall–Kier alpha value is -1.04. The SMILES string of the molecule is O=c1oc2cc([S+]=P([O-])(O)O)ccc2c2c1CCCC2. The molecule has 20 heavy (non-hydrogen) atoms. The predicted octanol–water partition coefficient (Wildman–Crippen LogP) is 1.14. The van der Waals surface area contributed by atoms with Gasteiger partial charge in [0.25, 0.3) is 0 Å². The molecule has 1 aliphatic carbocycles. The molecule has 106 valence electrons. The number of hydrogen-bond donors (Lipinski definition) is 2. The molecule has 0 saturated heterocycles. The zero-order valence-corrected chi connectivity index (χ0v) is 12.2. The molecule has 0 bridgehead atoms. The van der Waals surface area contributed by atoms with Crippen molar-refractivity contribution in [2.75, 3.05) is 0 Å². The van der Waals surface area contributed by atoms with Gasteiger partial charge in [0.1, 0.15) is 5.58 Å². The molecule has 0 unspecified atom stereocenters. The third kappa shape index (κ3) is 2.71. The van der Waals surface area contributed by atoms with Crippen LogP contribution in [0, 0.1) is 0 Å². The van der Waals surface area contributed by atoms with E-state index in [1.165, 1.54) is 6.07 Å². The first-order valence-corrected chi connectivity index (χ1v) is 9.31. The summed E-state index contributed by atoms with van der Waals surface area (Å²) in [5, 5.41) is 0.870. The molecule has 0 spiro atoms. The second-order valence-corrected chi connectivity index (χ2v) is 8.40. The van der Waals surface area contributed by atoms with Crippen LogP contribution in [0.4, 0.5) is 0 Å². The maximum absolute atomic E-state index is 11.9. The van der Waals surface area contributed by atoms with Gasteiger partial charge in [0.05, 0.1) is 0 Å². The van der Waals surface area contributed by atoms with E-state index < -0.39 is 6.72 Å². The molecule has 0 saturated carbocycles. The summed E-state index contributed by atoms with van der Waals surface area (Å²) in [7, 11) is 0.463. The summed E-state index contributed by atoms with van der Waals surface area (Å²) in [6, 6.07) is 4.96. The number of hydrogen-bond acceptors (Lipinski definition) is 3. The van der Waals surface area contributed by atoms with Crippen LogP contribution in [0.3, 0.4) is 0 Å². The summed E-state index contributed by atoms with van der Waals surface area (Å²) < 4.78 is 5.29. The summed E-state index contributed by atoms with van der Waals surface area (Å²) in [5.41, 5.74) is 1.84. The fraction of sp³-hybridized carbons (Fsp3) is 0.308. The quantitative estimate of drug-likeness (QED) is 0.468.